The van der Waals surface area contributed by atoms with Gasteiger partial charge in [-0.3, -0.25) is 4.79 Å². The van der Waals surface area contributed by atoms with Crippen LogP contribution in [-0.4, -0.2) is 142 Å². The second-order valence-electron chi connectivity index (χ2n) is 23.3. The van der Waals surface area contributed by atoms with Gasteiger partial charge in [-0.2, -0.15) is 0 Å². The van der Waals surface area contributed by atoms with Crippen LogP contribution in [0, 0.1) is 0 Å². The molecule has 2 rings (SSSR count). The van der Waals surface area contributed by atoms with Crippen molar-refractivity contribution in [3.8, 4) is 0 Å². The molecule has 11 unspecified atom stereocenters. The molecular formula is C65H122O14. The van der Waals surface area contributed by atoms with E-state index in [1.807, 2.05) is 0 Å². The summed E-state index contributed by atoms with van der Waals surface area (Å²) < 4.78 is 34.5. The van der Waals surface area contributed by atoms with Crippen molar-refractivity contribution in [3.05, 3.63) is 24.3 Å². The van der Waals surface area contributed by atoms with Gasteiger partial charge in [0.2, 0.25) is 0 Å². The zero-order valence-corrected chi connectivity index (χ0v) is 50.4. The number of hydrogen-bond donors (Lipinski definition) is 7. The number of ether oxygens (including phenoxy) is 6. The lowest BCUT2D eigenvalue weighted by Crippen LogP contribution is -2.61. The Kier molecular flexibility index (Phi) is 48.5. The summed E-state index contributed by atoms with van der Waals surface area (Å²) in [5, 5.41) is 72.5. The molecule has 0 aromatic carbocycles. The number of aliphatic hydroxyl groups is 7. The molecule has 0 aromatic rings. The Labute approximate surface area is 481 Å². The molecule has 2 aliphatic heterocycles. The molecule has 0 radical (unpaired) electrons. The maximum atomic E-state index is 13.1. The molecule has 0 bridgehead atoms. The SMILES string of the molecule is CCCCCCC/C=C\C/C=C\CCCCCCCCCCCC(=O)OC(COCCCCCCCCCCCCCCCCCCCCCCCCCC)COC1OC(COC2OC(CO)C(O)C(O)C2O)C(O)C(O)C1O. The Balaban J connectivity index is 1.66. The molecule has 0 aliphatic carbocycles. The molecule has 7 N–H and O–H groups in total. The number of esters is 1. The van der Waals surface area contributed by atoms with Gasteiger partial charge >= 0.3 is 5.97 Å². The van der Waals surface area contributed by atoms with E-state index in [-0.39, 0.29) is 25.6 Å². The number of allylic oxidation sites excluding steroid dienone is 4. The topological polar surface area (TPSA) is 214 Å². The zero-order valence-electron chi connectivity index (χ0n) is 50.4. The van der Waals surface area contributed by atoms with Gasteiger partial charge in [-0.25, -0.2) is 0 Å². The van der Waals surface area contributed by atoms with Crippen molar-refractivity contribution in [1.82, 2.24) is 0 Å². The molecular weight excluding hydrogens is 1000 g/mol. The molecule has 2 fully saturated rings. The highest BCUT2D eigenvalue weighted by Gasteiger charge is 2.47. The maximum absolute atomic E-state index is 13.1. The van der Waals surface area contributed by atoms with E-state index in [0.29, 0.717) is 13.0 Å². The quantitative estimate of drug-likeness (QED) is 0.0172. The summed E-state index contributed by atoms with van der Waals surface area (Å²) in [6, 6.07) is 0. The highest BCUT2D eigenvalue weighted by molar-refractivity contribution is 5.69. The minimum Gasteiger partial charge on any atom is -0.457 e. The molecule has 2 heterocycles. The molecule has 11 atom stereocenters. The number of hydrogen-bond acceptors (Lipinski definition) is 14. The van der Waals surface area contributed by atoms with Crippen LogP contribution >= 0.6 is 0 Å². The third-order valence-electron chi connectivity index (χ3n) is 16.0. The van der Waals surface area contributed by atoms with Gasteiger partial charge in [0.05, 0.1) is 26.4 Å². The minimum absolute atomic E-state index is 0.0652. The van der Waals surface area contributed by atoms with Crippen LogP contribution in [0.15, 0.2) is 24.3 Å². The van der Waals surface area contributed by atoms with Gasteiger partial charge in [-0.15, -0.1) is 0 Å². The van der Waals surface area contributed by atoms with Gasteiger partial charge in [0.25, 0.3) is 0 Å². The standard InChI is InChI=1S/C65H122O14/c1-3-5-7-9-11-13-15-17-19-21-23-25-26-27-29-31-33-35-37-39-41-43-45-47-49-74-51-54(52-75-64-63(73)61(71)59(69)56(79-64)53-76-65-62(72)60(70)58(68)55(50-66)78-65)77-57(67)48-46-44-42-40-38-36-34-32-30-28-24-22-20-18-16-14-12-10-8-6-4-2/h16,18,22,24,54-56,58-66,68-73H,3-15,17,19-21,23,25-53H2,1-2H3/b18-16-,24-22-. The van der Waals surface area contributed by atoms with Gasteiger partial charge in [0.15, 0.2) is 12.6 Å². The fourth-order valence-electron chi connectivity index (χ4n) is 10.7. The van der Waals surface area contributed by atoms with Crippen LogP contribution < -0.4 is 0 Å². The summed E-state index contributed by atoms with van der Waals surface area (Å²) in [6.07, 6.45) is 45.3. The van der Waals surface area contributed by atoms with Crippen molar-refractivity contribution in [3.63, 3.8) is 0 Å². The second-order valence-corrected chi connectivity index (χ2v) is 23.3. The summed E-state index contributed by atoms with van der Waals surface area (Å²) in [6.45, 7) is 3.74. The molecule has 2 aliphatic rings. The Morgan fingerprint density at radius 1 is 0.418 bits per heavy atom. The van der Waals surface area contributed by atoms with Crippen molar-refractivity contribution in [2.24, 2.45) is 0 Å². The Morgan fingerprint density at radius 2 is 0.785 bits per heavy atom. The molecule has 0 spiro atoms. The van der Waals surface area contributed by atoms with Crippen LogP contribution in [0.2, 0.25) is 0 Å². The number of unbranched alkanes of at least 4 members (excludes halogenated alkanes) is 37. The van der Waals surface area contributed by atoms with Crippen molar-refractivity contribution in [2.45, 2.75) is 351 Å². The van der Waals surface area contributed by atoms with E-state index in [4.69, 9.17) is 28.4 Å². The summed E-state index contributed by atoms with van der Waals surface area (Å²) in [5.41, 5.74) is 0. The third-order valence-corrected chi connectivity index (χ3v) is 16.0. The van der Waals surface area contributed by atoms with Gasteiger partial charge in [0.1, 0.15) is 54.9 Å². The van der Waals surface area contributed by atoms with Gasteiger partial charge in [-0.05, 0) is 44.9 Å². The summed E-state index contributed by atoms with van der Waals surface area (Å²) >= 11 is 0. The number of carbonyl (C=O) groups excluding carboxylic acids is 1. The normalized spacial score (nSPS) is 24.1. The molecule has 466 valence electrons. The summed E-state index contributed by atoms with van der Waals surface area (Å²) in [4.78, 5) is 13.1. The molecule has 0 amide bonds. The van der Waals surface area contributed by atoms with E-state index in [0.717, 1.165) is 51.4 Å². The smallest absolute Gasteiger partial charge is 0.306 e. The highest BCUT2D eigenvalue weighted by Crippen LogP contribution is 2.27. The second kappa shape index (κ2) is 52.1. The average Bonchev–Trinajstić information content (AvgIpc) is 3.45. The Bertz CT molecular complexity index is 1400. The predicted molar refractivity (Wildman–Crippen MR) is 317 cm³/mol. The minimum atomic E-state index is -1.71. The van der Waals surface area contributed by atoms with Crippen LogP contribution in [0.4, 0.5) is 0 Å². The summed E-state index contributed by atoms with van der Waals surface area (Å²) in [7, 11) is 0. The monoisotopic (exact) mass is 1130 g/mol. The van der Waals surface area contributed by atoms with Crippen molar-refractivity contribution >= 4 is 5.97 Å². The van der Waals surface area contributed by atoms with Gasteiger partial charge in [0, 0.05) is 13.0 Å². The first-order valence-electron chi connectivity index (χ1n) is 32.9. The van der Waals surface area contributed by atoms with E-state index in [1.165, 1.54) is 205 Å². The van der Waals surface area contributed by atoms with E-state index in [2.05, 4.69) is 38.2 Å². The van der Waals surface area contributed by atoms with Gasteiger partial charge < -0.3 is 64.2 Å². The van der Waals surface area contributed by atoms with E-state index < -0.39 is 80.7 Å². The molecule has 14 heteroatoms. The average molecular weight is 1130 g/mol. The van der Waals surface area contributed by atoms with Crippen molar-refractivity contribution < 1.29 is 69.0 Å². The zero-order chi connectivity index (χ0) is 57.2. The predicted octanol–water partition coefficient (Wildman–Crippen LogP) is 13.1. The fraction of sp³-hybridized carbons (Fsp3) is 0.923. The lowest BCUT2D eigenvalue weighted by atomic mass is 9.98. The largest absolute Gasteiger partial charge is 0.457 e. The van der Waals surface area contributed by atoms with E-state index in [1.54, 1.807) is 0 Å². The lowest BCUT2D eigenvalue weighted by molar-refractivity contribution is -0.332. The summed E-state index contributed by atoms with van der Waals surface area (Å²) in [5.74, 6) is -0.374. The first-order chi connectivity index (χ1) is 38.6. The Hall–Kier alpha value is -1.53. The molecule has 2 saturated heterocycles. The van der Waals surface area contributed by atoms with Crippen molar-refractivity contribution in [2.75, 3.05) is 33.0 Å². The molecule has 14 nitrogen and oxygen atoms in total. The Morgan fingerprint density at radius 3 is 1.22 bits per heavy atom. The fourth-order valence-corrected chi connectivity index (χ4v) is 10.7. The van der Waals surface area contributed by atoms with Crippen molar-refractivity contribution in [1.29, 1.82) is 0 Å². The first-order valence-corrected chi connectivity index (χ1v) is 32.9. The third kappa shape index (κ3) is 38.1. The molecule has 79 heavy (non-hydrogen) atoms. The van der Waals surface area contributed by atoms with Crippen LogP contribution in [0.25, 0.3) is 0 Å². The van der Waals surface area contributed by atoms with Gasteiger partial charge in [-0.1, -0.05) is 256 Å². The lowest BCUT2D eigenvalue weighted by Gasteiger charge is -2.42. The van der Waals surface area contributed by atoms with Crippen LogP contribution in [-0.2, 0) is 33.2 Å². The highest BCUT2D eigenvalue weighted by atomic mass is 16.7. The van der Waals surface area contributed by atoms with Crippen LogP contribution in [0.5, 0.6) is 0 Å². The van der Waals surface area contributed by atoms with E-state index >= 15 is 0 Å². The number of rotatable bonds is 55. The number of carbonyl (C=O) groups is 1. The van der Waals surface area contributed by atoms with E-state index in [9.17, 15) is 40.5 Å². The molecule has 0 aromatic heterocycles. The van der Waals surface area contributed by atoms with Crippen LogP contribution in [0.3, 0.4) is 0 Å². The number of aliphatic hydroxyl groups excluding tert-OH is 7. The van der Waals surface area contributed by atoms with Crippen LogP contribution in [0.1, 0.15) is 284 Å². The molecule has 0 saturated carbocycles. The first kappa shape index (κ1) is 73.6. The maximum Gasteiger partial charge on any atom is 0.306 e.